The Balaban J connectivity index is 2.13. The molecule has 0 saturated carbocycles. The number of rotatable bonds is 4. The van der Waals surface area contributed by atoms with Crippen LogP contribution < -0.4 is 10.6 Å². The second-order valence-corrected chi connectivity index (χ2v) is 5.78. The topological polar surface area (TPSA) is 46.3 Å². The van der Waals surface area contributed by atoms with E-state index >= 15 is 0 Å². The number of para-hydroxylation sites is 1. The zero-order valence-electron chi connectivity index (χ0n) is 10.9. The Morgan fingerprint density at radius 1 is 1.56 bits per heavy atom. The van der Waals surface area contributed by atoms with Gasteiger partial charge in [0.25, 0.3) is 0 Å². The number of fused-ring (bicyclic) bond motifs is 1. The monoisotopic (exact) mass is 264 g/mol. The number of benzene rings is 1. The van der Waals surface area contributed by atoms with E-state index in [1.54, 1.807) is 11.8 Å². The van der Waals surface area contributed by atoms with Gasteiger partial charge in [-0.3, -0.25) is 4.79 Å². The van der Waals surface area contributed by atoms with Crippen LogP contribution in [0.4, 0.5) is 5.69 Å². The van der Waals surface area contributed by atoms with Crippen molar-refractivity contribution in [1.82, 2.24) is 0 Å². The van der Waals surface area contributed by atoms with Crippen LogP contribution in [0.2, 0.25) is 0 Å². The zero-order chi connectivity index (χ0) is 13.1. The van der Waals surface area contributed by atoms with Crippen molar-refractivity contribution >= 4 is 23.4 Å². The molecule has 0 bridgehead atoms. The maximum Gasteiger partial charge on any atom is 0.243 e. The standard InChI is InChI=1S/C14H20N2OS/c1-10-9-16(13-6-4-3-5-11(10)13)14(17)12(15)7-8-18-2/h3-6,10,12H,7-9,15H2,1-2H3/t10-,12-/m0/s1. The van der Waals surface area contributed by atoms with Gasteiger partial charge in [-0.2, -0.15) is 11.8 Å². The minimum atomic E-state index is -0.379. The first-order chi connectivity index (χ1) is 8.65. The van der Waals surface area contributed by atoms with Crippen molar-refractivity contribution in [2.75, 3.05) is 23.5 Å². The average Bonchev–Trinajstić information content (AvgIpc) is 2.73. The van der Waals surface area contributed by atoms with Gasteiger partial charge in [0.15, 0.2) is 0 Å². The fraction of sp³-hybridized carbons (Fsp3) is 0.500. The largest absolute Gasteiger partial charge is 0.320 e. The molecule has 0 unspecified atom stereocenters. The van der Waals surface area contributed by atoms with Crippen LogP contribution in [0.3, 0.4) is 0 Å². The molecule has 1 aromatic rings. The van der Waals surface area contributed by atoms with Crippen molar-refractivity contribution in [1.29, 1.82) is 0 Å². The molecule has 2 N–H and O–H groups in total. The zero-order valence-corrected chi connectivity index (χ0v) is 11.7. The Hall–Kier alpha value is -1.00. The van der Waals surface area contributed by atoms with Crippen molar-refractivity contribution in [3.8, 4) is 0 Å². The second-order valence-electron chi connectivity index (χ2n) is 4.80. The quantitative estimate of drug-likeness (QED) is 0.907. The number of carbonyl (C=O) groups is 1. The summed E-state index contributed by atoms with van der Waals surface area (Å²) < 4.78 is 0. The van der Waals surface area contributed by atoms with Crippen molar-refractivity contribution in [2.24, 2.45) is 5.73 Å². The van der Waals surface area contributed by atoms with Gasteiger partial charge in [0.2, 0.25) is 5.91 Å². The van der Waals surface area contributed by atoms with Crippen LogP contribution in [0.5, 0.6) is 0 Å². The molecule has 0 aromatic heterocycles. The molecule has 4 heteroatoms. The van der Waals surface area contributed by atoms with E-state index in [0.29, 0.717) is 5.92 Å². The number of anilines is 1. The summed E-state index contributed by atoms with van der Waals surface area (Å²) in [5.74, 6) is 1.39. The number of hydrogen-bond acceptors (Lipinski definition) is 3. The SMILES string of the molecule is CSCC[C@H](N)C(=O)N1C[C@H](C)c2ccccc21. The molecule has 1 aliphatic heterocycles. The Kier molecular flexibility index (Phi) is 4.30. The van der Waals surface area contributed by atoms with Crippen molar-refractivity contribution in [3.05, 3.63) is 29.8 Å². The van der Waals surface area contributed by atoms with Crippen LogP contribution in [0.25, 0.3) is 0 Å². The summed E-state index contributed by atoms with van der Waals surface area (Å²) in [5.41, 5.74) is 8.27. The summed E-state index contributed by atoms with van der Waals surface area (Å²) in [6.07, 6.45) is 2.78. The van der Waals surface area contributed by atoms with E-state index in [2.05, 4.69) is 13.0 Å². The molecule has 0 fully saturated rings. The summed E-state index contributed by atoms with van der Waals surface area (Å²) in [5, 5.41) is 0. The minimum Gasteiger partial charge on any atom is -0.320 e. The van der Waals surface area contributed by atoms with Gasteiger partial charge in [-0.25, -0.2) is 0 Å². The number of carbonyl (C=O) groups excluding carboxylic acids is 1. The Labute approximate surface area is 113 Å². The van der Waals surface area contributed by atoms with Crippen molar-refractivity contribution in [3.63, 3.8) is 0 Å². The molecule has 0 saturated heterocycles. The Morgan fingerprint density at radius 2 is 2.28 bits per heavy atom. The molecule has 1 aliphatic rings. The smallest absolute Gasteiger partial charge is 0.243 e. The van der Waals surface area contributed by atoms with E-state index < -0.39 is 0 Å². The van der Waals surface area contributed by atoms with Crippen molar-refractivity contribution in [2.45, 2.75) is 25.3 Å². The number of hydrogen-bond donors (Lipinski definition) is 1. The van der Waals surface area contributed by atoms with Gasteiger partial charge in [0.1, 0.15) is 0 Å². The number of thioether (sulfide) groups is 1. The summed E-state index contributed by atoms with van der Waals surface area (Å²) in [6.45, 7) is 2.91. The molecule has 2 rings (SSSR count). The van der Waals surface area contributed by atoms with Crippen LogP contribution in [0, 0.1) is 0 Å². The fourth-order valence-electron chi connectivity index (χ4n) is 2.40. The third kappa shape index (κ3) is 2.54. The lowest BCUT2D eigenvalue weighted by Gasteiger charge is -2.21. The lowest BCUT2D eigenvalue weighted by Crippen LogP contribution is -2.43. The summed E-state index contributed by atoms with van der Waals surface area (Å²) >= 11 is 1.73. The molecule has 1 heterocycles. The average molecular weight is 264 g/mol. The van der Waals surface area contributed by atoms with Gasteiger partial charge in [-0.05, 0) is 30.1 Å². The highest BCUT2D eigenvalue weighted by Gasteiger charge is 2.31. The molecule has 18 heavy (non-hydrogen) atoms. The number of nitrogens with zero attached hydrogens (tertiary/aromatic N) is 1. The Morgan fingerprint density at radius 3 is 3.00 bits per heavy atom. The first-order valence-corrected chi connectivity index (χ1v) is 7.69. The van der Waals surface area contributed by atoms with E-state index in [9.17, 15) is 4.79 Å². The van der Waals surface area contributed by atoms with E-state index in [4.69, 9.17) is 5.73 Å². The second kappa shape index (κ2) is 5.76. The molecule has 0 radical (unpaired) electrons. The molecule has 1 aromatic carbocycles. The van der Waals surface area contributed by atoms with Gasteiger partial charge in [-0.1, -0.05) is 25.1 Å². The predicted molar refractivity (Wildman–Crippen MR) is 78.2 cm³/mol. The van der Waals surface area contributed by atoms with Crippen LogP contribution in [0.15, 0.2) is 24.3 Å². The highest BCUT2D eigenvalue weighted by molar-refractivity contribution is 7.98. The molecule has 3 nitrogen and oxygen atoms in total. The number of amides is 1. The van der Waals surface area contributed by atoms with Crippen LogP contribution in [0.1, 0.15) is 24.8 Å². The fourth-order valence-corrected chi connectivity index (χ4v) is 2.89. The molecule has 0 aliphatic carbocycles. The first kappa shape index (κ1) is 13.4. The van der Waals surface area contributed by atoms with Crippen molar-refractivity contribution < 1.29 is 4.79 Å². The normalized spacial score (nSPS) is 19.7. The predicted octanol–water partition coefficient (Wildman–Crippen LogP) is 2.22. The van der Waals surface area contributed by atoms with Crippen LogP contribution >= 0.6 is 11.8 Å². The van der Waals surface area contributed by atoms with E-state index in [0.717, 1.165) is 24.4 Å². The summed E-state index contributed by atoms with van der Waals surface area (Å²) in [4.78, 5) is 14.2. The van der Waals surface area contributed by atoms with E-state index in [1.807, 2.05) is 29.4 Å². The van der Waals surface area contributed by atoms with Crippen LogP contribution in [-0.2, 0) is 4.79 Å². The third-order valence-electron chi connectivity index (χ3n) is 3.43. The molecule has 1 amide bonds. The number of nitrogens with two attached hydrogens (primary N) is 1. The third-order valence-corrected chi connectivity index (χ3v) is 4.08. The van der Waals surface area contributed by atoms with Crippen LogP contribution in [-0.4, -0.2) is 30.5 Å². The summed E-state index contributed by atoms with van der Waals surface area (Å²) in [6, 6.07) is 7.73. The summed E-state index contributed by atoms with van der Waals surface area (Å²) in [7, 11) is 0. The molecule has 98 valence electrons. The highest BCUT2D eigenvalue weighted by Crippen LogP contribution is 2.35. The first-order valence-electron chi connectivity index (χ1n) is 6.30. The van der Waals surface area contributed by atoms with Gasteiger partial charge >= 0.3 is 0 Å². The maximum atomic E-state index is 12.4. The van der Waals surface area contributed by atoms with E-state index in [-0.39, 0.29) is 11.9 Å². The highest BCUT2D eigenvalue weighted by atomic mass is 32.2. The van der Waals surface area contributed by atoms with Gasteiger partial charge < -0.3 is 10.6 Å². The minimum absolute atomic E-state index is 0.0563. The molecule has 0 spiro atoms. The van der Waals surface area contributed by atoms with Gasteiger partial charge in [0.05, 0.1) is 6.04 Å². The lowest BCUT2D eigenvalue weighted by atomic mass is 10.0. The lowest BCUT2D eigenvalue weighted by molar-refractivity contribution is -0.119. The Bertz CT molecular complexity index is 436. The van der Waals surface area contributed by atoms with Gasteiger partial charge in [0, 0.05) is 18.2 Å². The van der Waals surface area contributed by atoms with E-state index in [1.165, 1.54) is 5.56 Å². The molecular formula is C14H20N2OS. The van der Waals surface area contributed by atoms with Gasteiger partial charge in [-0.15, -0.1) is 0 Å². The molecular weight excluding hydrogens is 244 g/mol. The molecule has 2 atom stereocenters. The maximum absolute atomic E-state index is 12.4.